The molecule has 1 unspecified atom stereocenters. The number of carbonyl (C=O) groups excluding carboxylic acids is 3. The van der Waals surface area contributed by atoms with Crippen LogP contribution in [0.1, 0.15) is 44.4 Å². The van der Waals surface area contributed by atoms with Crippen molar-refractivity contribution in [3.63, 3.8) is 0 Å². The van der Waals surface area contributed by atoms with E-state index in [0.717, 1.165) is 5.56 Å². The van der Waals surface area contributed by atoms with E-state index < -0.39 is 29.8 Å². The summed E-state index contributed by atoms with van der Waals surface area (Å²) in [6.07, 6.45) is 0.304. The number of fused-ring (bicyclic) bond motifs is 1. The van der Waals surface area contributed by atoms with Crippen molar-refractivity contribution < 1.29 is 33.0 Å². The monoisotopic (exact) mass is 464 g/mol. The third kappa shape index (κ3) is 5.14. The van der Waals surface area contributed by atoms with Crippen molar-refractivity contribution in [3.05, 3.63) is 83.7 Å². The summed E-state index contributed by atoms with van der Waals surface area (Å²) in [7, 11) is 0. The van der Waals surface area contributed by atoms with Gasteiger partial charge >= 0.3 is 17.9 Å². The second kappa shape index (κ2) is 9.87. The molecule has 1 aliphatic rings. The van der Waals surface area contributed by atoms with Crippen molar-refractivity contribution in [3.8, 4) is 22.6 Å². The first kappa shape index (κ1) is 24.6. The van der Waals surface area contributed by atoms with E-state index in [0.29, 0.717) is 29.5 Å². The first-order valence-electron chi connectivity index (χ1n) is 10.6. The van der Waals surface area contributed by atoms with E-state index in [2.05, 4.69) is 19.7 Å². The summed E-state index contributed by atoms with van der Waals surface area (Å²) in [6, 6.07) is 7.52. The van der Waals surface area contributed by atoms with Gasteiger partial charge in [-0.3, -0.25) is 0 Å². The van der Waals surface area contributed by atoms with E-state index >= 15 is 0 Å². The van der Waals surface area contributed by atoms with Gasteiger partial charge in [0.15, 0.2) is 11.6 Å². The number of carbonyl (C=O) groups is 3. The Morgan fingerprint density at radius 1 is 0.853 bits per heavy atom. The number of halogens is 1. The molecule has 0 heterocycles. The van der Waals surface area contributed by atoms with Crippen LogP contribution >= 0.6 is 0 Å². The minimum atomic E-state index is -0.724. The Balaban J connectivity index is 2.05. The van der Waals surface area contributed by atoms with Crippen LogP contribution in [0.5, 0.6) is 11.5 Å². The Kier molecular flexibility index (Phi) is 7.15. The smallest absolute Gasteiger partial charge is 0.338 e. The lowest BCUT2D eigenvalue weighted by atomic mass is 9.95. The number of hydrogen-bond donors (Lipinski definition) is 0. The molecule has 0 aliphatic heterocycles. The maximum atomic E-state index is 14.7. The van der Waals surface area contributed by atoms with Gasteiger partial charge in [-0.15, -0.1) is 0 Å². The van der Waals surface area contributed by atoms with Crippen molar-refractivity contribution in [2.24, 2.45) is 0 Å². The van der Waals surface area contributed by atoms with Gasteiger partial charge in [-0.25, -0.2) is 18.8 Å². The molecular weight excluding hydrogens is 439 g/mol. The fourth-order valence-electron chi connectivity index (χ4n) is 3.52. The Morgan fingerprint density at radius 2 is 1.41 bits per heavy atom. The van der Waals surface area contributed by atoms with Crippen LogP contribution in [0.4, 0.5) is 4.39 Å². The standard InChI is InChI=1S/C27H25FO6/c1-14(2)25(29)32-21-10-7-17(13-20(21)28)18-8-11-22(33-26(30)15(3)4)24-19(18)9-12-23(24)34-27(31)16(5)6/h7-8,10-11,13,23H,1,3,5,9,12H2,2,4,6H3. The molecule has 0 saturated carbocycles. The van der Waals surface area contributed by atoms with Crippen LogP contribution in [0.3, 0.4) is 0 Å². The van der Waals surface area contributed by atoms with Crippen LogP contribution in [0, 0.1) is 5.82 Å². The van der Waals surface area contributed by atoms with Crippen molar-refractivity contribution >= 4 is 17.9 Å². The molecule has 1 aliphatic carbocycles. The van der Waals surface area contributed by atoms with Crippen LogP contribution in [0.25, 0.3) is 11.1 Å². The molecule has 6 nitrogen and oxygen atoms in total. The molecule has 176 valence electrons. The average Bonchev–Trinajstić information content (AvgIpc) is 3.19. The van der Waals surface area contributed by atoms with E-state index in [9.17, 15) is 18.8 Å². The first-order valence-corrected chi connectivity index (χ1v) is 10.6. The highest BCUT2D eigenvalue weighted by Crippen LogP contribution is 2.45. The summed E-state index contributed by atoms with van der Waals surface area (Å²) in [5.74, 6) is -2.58. The zero-order valence-corrected chi connectivity index (χ0v) is 19.3. The molecule has 0 saturated heterocycles. The third-order valence-electron chi connectivity index (χ3n) is 5.24. The number of hydrogen-bond acceptors (Lipinski definition) is 6. The van der Waals surface area contributed by atoms with E-state index in [1.165, 1.54) is 26.0 Å². The number of rotatable bonds is 7. The number of benzene rings is 2. The van der Waals surface area contributed by atoms with E-state index in [1.54, 1.807) is 25.1 Å². The Hall–Kier alpha value is -4.00. The van der Waals surface area contributed by atoms with Gasteiger partial charge in [-0.05, 0) is 68.5 Å². The minimum absolute atomic E-state index is 0.150. The van der Waals surface area contributed by atoms with Crippen LogP contribution in [0.2, 0.25) is 0 Å². The fraction of sp³-hybridized carbons (Fsp3) is 0.222. The lowest BCUT2D eigenvalue weighted by molar-refractivity contribution is -0.144. The zero-order chi connectivity index (χ0) is 25.2. The van der Waals surface area contributed by atoms with Gasteiger partial charge < -0.3 is 14.2 Å². The molecule has 0 spiro atoms. The van der Waals surface area contributed by atoms with Crippen LogP contribution in [0.15, 0.2) is 66.8 Å². The molecule has 0 radical (unpaired) electrons. The molecule has 34 heavy (non-hydrogen) atoms. The van der Waals surface area contributed by atoms with Crippen molar-refractivity contribution in [1.82, 2.24) is 0 Å². The van der Waals surface area contributed by atoms with Crippen LogP contribution in [-0.4, -0.2) is 17.9 Å². The maximum absolute atomic E-state index is 14.7. The van der Waals surface area contributed by atoms with Crippen LogP contribution in [-0.2, 0) is 25.5 Å². The molecule has 0 aromatic heterocycles. The first-order chi connectivity index (χ1) is 16.0. The van der Waals surface area contributed by atoms with Crippen LogP contribution < -0.4 is 9.47 Å². The summed E-state index contributed by atoms with van der Waals surface area (Å²) in [6.45, 7) is 15.2. The molecule has 3 rings (SSSR count). The highest BCUT2D eigenvalue weighted by Gasteiger charge is 2.33. The molecular formula is C27H25FO6. The third-order valence-corrected chi connectivity index (χ3v) is 5.24. The lowest BCUT2D eigenvalue weighted by Crippen LogP contribution is -2.14. The van der Waals surface area contributed by atoms with Gasteiger partial charge in [0.2, 0.25) is 0 Å². The van der Waals surface area contributed by atoms with Gasteiger partial charge in [-0.1, -0.05) is 31.9 Å². The highest BCUT2D eigenvalue weighted by molar-refractivity contribution is 5.90. The van der Waals surface area contributed by atoms with Gasteiger partial charge in [0.05, 0.1) is 0 Å². The normalized spacial score (nSPS) is 14.1. The fourth-order valence-corrected chi connectivity index (χ4v) is 3.52. The summed E-state index contributed by atoms with van der Waals surface area (Å²) in [5, 5.41) is 0. The molecule has 2 aromatic carbocycles. The van der Waals surface area contributed by atoms with E-state index in [1.807, 2.05) is 0 Å². The maximum Gasteiger partial charge on any atom is 0.338 e. The van der Waals surface area contributed by atoms with Gasteiger partial charge in [0.1, 0.15) is 11.9 Å². The van der Waals surface area contributed by atoms with Crippen molar-refractivity contribution in [2.75, 3.05) is 0 Å². The minimum Gasteiger partial charge on any atom is -0.454 e. The number of ether oxygens (including phenoxy) is 3. The lowest BCUT2D eigenvalue weighted by Gasteiger charge is -2.18. The molecule has 0 bridgehead atoms. The molecule has 0 amide bonds. The second-order valence-corrected chi connectivity index (χ2v) is 8.20. The molecule has 0 N–H and O–H groups in total. The van der Waals surface area contributed by atoms with Gasteiger partial charge in [0, 0.05) is 22.3 Å². The summed E-state index contributed by atoms with van der Waals surface area (Å²) >= 11 is 0. The van der Waals surface area contributed by atoms with Gasteiger partial charge in [0.25, 0.3) is 0 Å². The predicted octanol–water partition coefficient (Wildman–Crippen LogP) is 5.56. The molecule has 1 atom stereocenters. The second-order valence-electron chi connectivity index (χ2n) is 8.20. The SMILES string of the molecule is C=C(C)C(=O)Oc1ccc(-c2ccc(OC(=O)C(=C)C)c3c2CCC3OC(=O)C(=C)C)cc1F. The molecule has 7 heteroatoms. The topological polar surface area (TPSA) is 78.9 Å². The summed E-state index contributed by atoms with van der Waals surface area (Å²) in [4.78, 5) is 36.1. The predicted molar refractivity (Wildman–Crippen MR) is 125 cm³/mol. The highest BCUT2D eigenvalue weighted by atomic mass is 19.1. The molecule has 0 fully saturated rings. The average molecular weight is 464 g/mol. The Bertz CT molecular complexity index is 1240. The summed E-state index contributed by atoms with van der Waals surface area (Å²) in [5.41, 5.74) is 3.11. The van der Waals surface area contributed by atoms with Gasteiger partial charge in [-0.2, -0.15) is 0 Å². The van der Waals surface area contributed by atoms with Crippen molar-refractivity contribution in [1.29, 1.82) is 0 Å². The van der Waals surface area contributed by atoms with E-state index in [-0.39, 0.29) is 28.2 Å². The molecule has 2 aromatic rings. The van der Waals surface area contributed by atoms with E-state index in [4.69, 9.17) is 14.2 Å². The quantitative estimate of drug-likeness (QED) is 0.303. The Morgan fingerprint density at radius 3 is 1.97 bits per heavy atom. The Labute approximate surface area is 197 Å². The summed E-state index contributed by atoms with van der Waals surface area (Å²) < 4.78 is 30.8. The van der Waals surface area contributed by atoms with Crippen molar-refractivity contribution in [2.45, 2.75) is 39.7 Å². The zero-order valence-electron chi connectivity index (χ0n) is 19.3. The largest absolute Gasteiger partial charge is 0.454 e. The number of esters is 3.